The molecule has 1 aromatic carbocycles. The lowest BCUT2D eigenvalue weighted by Gasteiger charge is -2.53. The second kappa shape index (κ2) is 7.34. The van der Waals surface area contributed by atoms with E-state index < -0.39 is 0 Å². The molecular weight excluding hydrogens is 390 g/mol. The standard InChI is InChI=1S/C24H29N5O2/c1-23-9-18(10-24(2,13-23)15-31-14-23)29(3)22-7-6-20(27-28-22)19-5-4-16(8-21(19)30)17-11-25-26-12-17/h4-8,11-12,18,30H,9-10,13-15H2,1-3H3,(H,25,26)/t18-,23+,24-. The molecule has 31 heavy (non-hydrogen) atoms. The van der Waals surface area contributed by atoms with Gasteiger partial charge in [0.15, 0.2) is 5.82 Å². The van der Waals surface area contributed by atoms with Crippen molar-refractivity contribution in [3.05, 3.63) is 42.7 Å². The first-order chi connectivity index (χ1) is 14.8. The molecule has 2 bridgehead atoms. The molecule has 3 heterocycles. The highest BCUT2D eigenvalue weighted by molar-refractivity contribution is 5.73. The molecular formula is C24H29N5O2. The number of phenols is 1. The molecule has 1 saturated carbocycles. The molecule has 0 amide bonds. The fourth-order valence-electron chi connectivity index (χ4n) is 5.60. The van der Waals surface area contributed by atoms with Crippen molar-refractivity contribution < 1.29 is 9.84 Å². The first-order valence-electron chi connectivity index (χ1n) is 10.8. The van der Waals surface area contributed by atoms with Gasteiger partial charge >= 0.3 is 0 Å². The van der Waals surface area contributed by atoms with Gasteiger partial charge in [0, 0.05) is 30.4 Å². The Hall–Kier alpha value is -2.93. The van der Waals surface area contributed by atoms with Gasteiger partial charge in [0.25, 0.3) is 0 Å². The molecule has 1 aliphatic carbocycles. The third-order valence-electron chi connectivity index (χ3n) is 6.88. The topological polar surface area (TPSA) is 87.2 Å². The summed E-state index contributed by atoms with van der Waals surface area (Å²) in [6, 6.07) is 9.89. The molecule has 1 saturated heterocycles. The molecule has 2 fully saturated rings. The van der Waals surface area contributed by atoms with Crippen LogP contribution in [0.2, 0.25) is 0 Å². The average Bonchev–Trinajstić information content (AvgIpc) is 3.27. The SMILES string of the molecule is CN(c1ccc(-c2ccc(-c3cn[nH]c3)cc2O)nn1)[C@@H]1C[C@]2(C)COC[C@](C)(C1)C2. The van der Waals surface area contributed by atoms with Gasteiger partial charge in [-0.1, -0.05) is 19.9 Å². The van der Waals surface area contributed by atoms with E-state index in [0.717, 1.165) is 43.0 Å². The summed E-state index contributed by atoms with van der Waals surface area (Å²) in [7, 11) is 2.11. The number of aromatic nitrogens is 4. The first kappa shape index (κ1) is 20.0. The maximum absolute atomic E-state index is 10.6. The summed E-state index contributed by atoms with van der Waals surface area (Å²) in [5.74, 6) is 1.03. The summed E-state index contributed by atoms with van der Waals surface area (Å²) in [6.45, 7) is 6.36. The molecule has 2 aliphatic rings. The Morgan fingerprint density at radius 3 is 2.45 bits per heavy atom. The predicted octanol–water partition coefficient (Wildman–Crippen LogP) is 4.27. The number of nitrogens with one attached hydrogen (secondary N) is 1. The van der Waals surface area contributed by atoms with E-state index in [9.17, 15) is 5.11 Å². The van der Waals surface area contributed by atoms with Crippen LogP contribution in [0.1, 0.15) is 33.1 Å². The van der Waals surface area contributed by atoms with E-state index in [-0.39, 0.29) is 16.6 Å². The van der Waals surface area contributed by atoms with Gasteiger partial charge in [-0.15, -0.1) is 10.2 Å². The van der Waals surface area contributed by atoms with Crippen LogP contribution in [-0.4, -0.2) is 51.8 Å². The molecule has 2 N–H and O–H groups in total. The number of H-pyrrole nitrogens is 1. The van der Waals surface area contributed by atoms with Gasteiger partial charge in [0.2, 0.25) is 0 Å². The van der Waals surface area contributed by atoms with Crippen molar-refractivity contribution >= 4 is 5.82 Å². The minimum atomic E-state index is 0.176. The van der Waals surface area contributed by atoms with E-state index in [4.69, 9.17) is 4.74 Å². The fraction of sp³-hybridized carbons (Fsp3) is 0.458. The Bertz CT molecular complexity index is 1050. The summed E-state index contributed by atoms with van der Waals surface area (Å²) in [5.41, 5.74) is 3.59. The third-order valence-corrected chi connectivity index (χ3v) is 6.88. The molecule has 0 spiro atoms. The van der Waals surface area contributed by atoms with Crippen LogP contribution in [0.3, 0.4) is 0 Å². The van der Waals surface area contributed by atoms with Gasteiger partial charge < -0.3 is 14.7 Å². The zero-order valence-electron chi connectivity index (χ0n) is 18.3. The Kier molecular flexibility index (Phi) is 4.73. The highest BCUT2D eigenvalue weighted by Gasteiger charge is 2.48. The number of fused-ring (bicyclic) bond motifs is 2. The second-order valence-corrected chi connectivity index (χ2v) is 9.96. The smallest absolute Gasteiger partial charge is 0.151 e. The minimum absolute atomic E-state index is 0.176. The van der Waals surface area contributed by atoms with E-state index in [1.165, 1.54) is 6.42 Å². The second-order valence-electron chi connectivity index (χ2n) is 9.96. The summed E-state index contributed by atoms with van der Waals surface area (Å²) in [4.78, 5) is 2.26. The molecule has 5 rings (SSSR count). The zero-order valence-corrected chi connectivity index (χ0v) is 18.3. The predicted molar refractivity (Wildman–Crippen MR) is 120 cm³/mol. The number of nitrogens with zero attached hydrogens (tertiary/aromatic N) is 4. The third kappa shape index (κ3) is 3.78. The Labute approximate surface area is 182 Å². The highest BCUT2D eigenvalue weighted by atomic mass is 16.5. The number of benzene rings is 1. The summed E-state index contributed by atoms with van der Waals surface area (Å²) < 4.78 is 5.91. The largest absolute Gasteiger partial charge is 0.507 e. The van der Waals surface area contributed by atoms with Crippen LogP contribution >= 0.6 is 0 Å². The van der Waals surface area contributed by atoms with Crippen LogP contribution in [0.15, 0.2) is 42.7 Å². The van der Waals surface area contributed by atoms with Gasteiger partial charge in [-0.25, -0.2) is 0 Å². The van der Waals surface area contributed by atoms with Crippen molar-refractivity contribution in [2.45, 2.75) is 39.2 Å². The molecule has 3 aromatic rings. The number of hydrogen-bond acceptors (Lipinski definition) is 6. The van der Waals surface area contributed by atoms with Gasteiger partial charge in [-0.05, 0) is 59.9 Å². The summed E-state index contributed by atoms with van der Waals surface area (Å²) in [6.07, 6.45) is 6.94. The van der Waals surface area contributed by atoms with Crippen molar-refractivity contribution in [3.8, 4) is 28.1 Å². The van der Waals surface area contributed by atoms with E-state index >= 15 is 0 Å². The van der Waals surface area contributed by atoms with Crippen LogP contribution < -0.4 is 4.90 Å². The molecule has 2 aromatic heterocycles. The minimum Gasteiger partial charge on any atom is -0.507 e. The number of aromatic amines is 1. The maximum Gasteiger partial charge on any atom is 0.151 e. The Balaban J connectivity index is 1.35. The lowest BCUT2D eigenvalue weighted by molar-refractivity contribution is -0.111. The van der Waals surface area contributed by atoms with E-state index in [2.05, 4.69) is 46.2 Å². The van der Waals surface area contributed by atoms with Gasteiger partial charge in [0.1, 0.15) is 5.75 Å². The summed E-state index contributed by atoms with van der Waals surface area (Å²) >= 11 is 0. The number of rotatable bonds is 4. The average molecular weight is 420 g/mol. The number of phenolic OH excluding ortho intramolecular Hbond substituents is 1. The molecule has 0 radical (unpaired) electrons. The number of hydrogen-bond donors (Lipinski definition) is 2. The van der Waals surface area contributed by atoms with Crippen LogP contribution in [-0.2, 0) is 4.74 Å². The van der Waals surface area contributed by atoms with Crippen LogP contribution in [0.25, 0.3) is 22.4 Å². The number of ether oxygens (including phenoxy) is 1. The zero-order chi connectivity index (χ0) is 21.6. The van der Waals surface area contributed by atoms with Crippen LogP contribution in [0.5, 0.6) is 5.75 Å². The number of aromatic hydroxyl groups is 1. The van der Waals surface area contributed by atoms with E-state index in [0.29, 0.717) is 17.3 Å². The van der Waals surface area contributed by atoms with Crippen LogP contribution in [0, 0.1) is 10.8 Å². The van der Waals surface area contributed by atoms with Crippen molar-refractivity contribution in [1.29, 1.82) is 0 Å². The van der Waals surface area contributed by atoms with Crippen molar-refractivity contribution in [1.82, 2.24) is 20.4 Å². The van der Waals surface area contributed by atoms with Gasteiger partial charge in [0.05, 0.1) is 25.1 Å². The summed E-state index contributed by atoms with van der Waals surface area (Å²) in [5, 5.41) is 26.2. The fourth-order valence-corrected chi connectivity index (χ4v) is 5.60. The Morgan fingerprint density at radius 1 is 1.06 bits per heavy atom. The molecule has 7 heteroatoms. The molecule has 162 valence electrons. The van der Waals surface area contributed by atoms with E-state index in [1.807, 2.05) is 24.3 Å². The number of anilines is 1. The Morgan fingerprint density at radius 2 is 1.84 bits per heavy atom. The quantitative estimate of drug-likeness (QED) is 0.657. The normalized spacial score (nSPS) is 27.8. The lowest BCUT2D eigenvalue weighted by atomic mass is 9.61. The van der Waals surface area contributed by atoms with Crippen LogP contribution in [0.4, 0.5) is 5.82 Å². The lowest BCUT2D eigenvalue weighted by Crippen LogP contribution is -2.53. The molecule has 7 nitrogen and oxygen atoms in total. The molecule has 0 unspecified atom stereocenters. The van der Waals surface area contributed by atoms with Crippen molar-refractivity contribution in [2.24, 2.45) is 10.8 Å². The van der Waals surface area contributed by atoms with Crippen molar-refractivity contribution in [2.75, 3.05) is 25.2 Å². The van der Waals surface area contributed by atoms with Gasteiger partial charge in [-0.2, -0.15) is 5.10 Å². The monoisotopic (exact) mass is 419 g/mol. The van der Waals surface area contributed by atoms with Gasteiger partial charge in [-0.3, -0.25) is 5.10 Å². The first-order valence-corrected chi connectivity index (χ1v) is 10.8. The molecule has 1 aliphatic heterocycles. The molecule has 3 atom stereocenters. The van der Waals surface area contributed by atoms with E-state index in [1.54, 1.807) is 18.5 Å². The van der Waals surface area contributed by atoms with Crippen molar-refractivity contribution in [3.63, 3.8) is 0 Å². The maximum atomic E-state index is 10.6. The highest BCUT2D eigenvalue weighted by Crippen LogP contribution is 2.51.